The molecule has 36 heavy (non-hydrogen) atoms. The minimum atomic E-state index is -0.940. The van der Waals surface area contributed by atoms with Crippen LogP contribution in [-0.2, 0) is 14.3 Å². The lowest BCUT2D eigenvalue weighted by Gasteiger charge is -2.18. The van der Waals surface area contributed by atoms with Crippen molar-refractivity contribution in [2.75, 3.05) is 0 Å². The third-order valence-corrected chi connectivity index (χ3v) is 7.34. The maximum atomic E-state index is 12.0. The number of unbranched alkanes of at least 4 members (excludes halogenated alkanes) is 20. The van der Waals surface area contributed by atoms with Crippen LogP contribution in [0.2, 0.25) is 0 Å². The van der Waals surface area contributed by atoms with Crippen LogP contribution in [0.4, 0.5) is 0 Å². The van der Waals surface area contributed by atoms with Gasteiger partial charge < -0.3 is 15.6 Å². The van der Waals surface area contributed by atoms with Gasteiger partial charge in [-0.25, -0.2) is 0 Å². The van der Waals surface area contributed by atoms with Gasteiger partial charge in [0, 0.05) is 6.42 Å². The number of carbonyl (C=O) groups is 2. The number of aliphatic carboxylic acids is 1. The van der Waals surface area contributed by atoms with Crippen LogP contribution in [0.25, 0.3) is 0 Å². The standard InChI is InChI=1S/C31H61NO4/c1-3-5-6-7-8-9-10-11-12-13-14-15-16-17-18-19-20-21-22-23-24-25-28(4-2)36-31(35)29(32)26-27-30(33)34/h28-29H,3-27,32H2,1-2H3,(H,33,34)/t28?,29-/m0/s1. The van der Waals surface area contributed by atoms with Gasteiger partial charge in [0.25, 0.3) is 0 Å². The molecule has 0 saturated carbocycles. The Bertz CT molecular complexity index is 497. The summed E-state index contributed by atoms with van der Waals surface area (Å²) < 4.78 is 5.48. The molecule has 0 bridgehead atoms. The van der Waals surface area contributed by atoms with Gasteiger partial charge in [0.2, 0.25) is 0 Å². The molecular formula is C31H61NO4. The first-order valence-electron chi connectivity index (χ1n) is 15.7. The van der Waals surface area contributed by atoms with E-state index in [4.69, 9.17) is 15.6 Å². The Morgan fingerprint density at radius 3 is 1.31 bits per heavy atom. The molecule has 5 nitrogen and oxygen atoms in total. The number of carboxylic acid groups (broad SMARTS) is 1. The molecule has 0 heterocycles. The van der Waals surface area contributed by atoms with E-state index in [2.05, 4.69) is 6.92 Å². The zero-order valence-corrected chi connectivity index (χ0v) is 24.1. The van der Waals surface area contributed by atoms with E-state index in [1.807, 2.05) is 6.92 Å². The van der Waals surface area contributed by atoms with Crippen LogP contribution < -0.4 is 5.73 Å². The summed E-state index contributed by atoms with van der Waals surface area (Å²) in [6.07, 6.45) is 30.4. The molecule has 0 rings (SSSR count). The SMILES string of the molecule is CCCCCCCCCCCCCCCCCCCCCCCC(CC)OC(=O)[C@@H](N)CCC(=O)O. The molecule has 0 aromatic rings. The summed E-state index contributed by atoms with van der Waals surface area (Å²) in [5.74, 6) is -1.41. The lowest BCUT2D eigenvalue weighted by Crippen LogP contribution is -2.35. The summed E-state index contributed by atoms with van der Waals surface area (Å²) in [5, 5.41) is 8.70. The maximum Gasteiger partial charge on any atom is 0.323 e. The van der Waals surface area contributed by atoms with Gasteiger partial charge in [0.15, 0.2) is 0 Å². The van der Waals surface area contributed by atoms with Gasteiger partial charge in [0.1, 0.15) is 12.1 Å². The molecule has 0 aliphatic rings. The Hall–Kier alpha value is -1.10. The summed E-state index contributed by atoms with van der Waals surface area (Å²) in [7, 11) is 0. The van der Waals surface area contributed by atoms with Gasteiger partial charge in [-0.15, -0.1) is 0 Å². The van der Waals surface area contributed by atoms with Crippen molar-refractivity contribution in [3.05, 3.63) is 0 Å². The molecule has 0 amide bonds. The summed E-state index contributed by atoms with van der Waals surface area (Å²) >= 11 is 0. The van der Waals surface area contributed by atoms with Crippen LogP contribution in [0, 0.1) is 0 Å². The van der Waals surface area contributed by atoms with E-state index in [0.29, 0.717) is 0 Å². The van der Waals surface area contributed by atoms with E-state index in [9.17, 15) is 9.59 Å². The Morgan fingerprint density at radius 1 is 0.611 bits per heavy atom. The van der Waals surface area contributed by atoms with E-state index in [1.54, 1.807) is 0 Å². The first-order chi connectivity index (χ1) is 17.5. The maximum absolute atomic E-state index is 12.0. The highest BCUT2D eigenvalue weighted by Gasteiger charge is 2.20. The first kappa shape index (κ1) is 34.9. The summed E-state index contributed by atoms with van der Waals surface area (Å²) in [5.41, 5.74) is 5.74. The molecule has 5 heteroatoms. The van der Waals surface area contributed by atoms with E-state index < -0.39 is 18.0 Å². The van der Waals surface area contributed by atoms with Crippen LogP contribution in [0.5, 0.6) is 0 Å². The van der Waals surface area contributed by atoms with Crippen molar-refractivity contribution in [3.63, 3.8) is 0 Å². The Balaban J connectivity index is 3.38. The van der Waals surface area contributed by atoms with E-state index in [1.165, 1.54) is 128 Å². The van der Waals surface area contributed by atoms with Crippen LogP contribution in [-0.4, -0.2) is 29.2 Å². The summed E-state index contributed by atoms with van der Waals surface area (Å²) in [6.45, 7) is 4.30. The van der Waals surface area contributed by atoms with E-state index in [-0.39, 0.29) is 18.9 Å². The second-order valence-corrected chi connectivity index (χ2v) is 10.9. The fourth-order valence-corrected chi connectivity index (χ4v) is 4.80. The molecule has 0 aromatic heterocycles. The molecular weight excluding hydrogens is 450 g/mol. The van der Waals surface area contributed by atoms with Crippen molar-refractivity contribution in [1.82, 2.24) is 0 Å². The Morgan fingerprint density at radius 2 is 0.972 bits per heavy atom. The Labute approximate surface area is 223 Å². The number of carbonyl (C=O) groups excluding carboxylic acids is 1. The van der Waals surface area contributed by atoms with Crippen molar-refractivity contribution in [1.29, 1.82) is 0 Å². The fraction of sp³-hybridized carbons (Fsp3) is 0.935. The van der Waals surface area contributed by atoms with Gasteiger partial charge in [-0.2, -0.15) is 0 Å². The van der Waals surface area contributed by atoms with Gasteiger partial charge in [-0.05, 0) is 25.7 Å². The van der Waals surface area contributed by atoms with Gasteiger partial charge in [-0.1, -0.05) is 142 Å². The number of hydrogen-bond donors (Lipinski definition) is 2. The van der Waals surface area contributed by atoms with Crippen LogP contribution in [0.1, 0.15) is 174 Å². The molecule has 0 spiro atoms. The number of carboxylic acids is 1. The zero-order chi connectivity index (χ0) is 26.7. The van der Waals surface area contributed by atoms with E-state index in [0.717, 1.165) is 19.3 Å². The van der Waals surface area contributed by atoms with E-state index >= 15 is 0 Å². The monoisotopic (exact) mass is 511 g/mol. The average molecular weight is 512 g/mol. The van der Waals surface area contributed by atoms with Crippen LogP contribution in [0.15, 0.2) is 0 Å². The minimum Gasteiger partial charge on any atom is -0.481 e. The molecule has 214 valence electrons. The topological polar surface area (TPSA) is 89.6 Å². The average Bonchev–Trinajstić information content (AvgIpc) is 2.87. The van der Waals surface area contributed by atoms with Crippen molar-refractivity contribution in [2.24, 2.45) is 5.73 Å². The smallest absolute Gasteiger partial charge is 0.323 e. The van der Waals surface area contributed by atoms with Crippen LogP contribution >= 0.6 is 0 Å². The quantitative estimate of drug-likeness (QED) is 0.0807. The lowest BCUT2D eigenvalue weighted by atomic mass is 10.0. The minimum absolute atomic E-state index is 0.103. The molecule has 2 atom stereocenters. The molecule has 0 aromatic carbocycles. The fourth-order valence-electron chi connectivity index (χ4n) is 4.80. The number of nitrogens with two attached hydrogens (primary N) is 1. The number of esters is 1. The highest BCUT2D eigenvalue weighted by atomic mass is 16.5. The predicted molar refractivity (Wildman–Crippen MR) is 152 cm³/mol. The van der Waals surface area contributed by atoms with Gasteiger partial charge in [0.05, 0.1) is 0 Å². The summed E-state index contributed by atoms with van der Waals surface area (Å²) in [6, 6.07) is -0.838. The largest absolute Gasteiger partial charge is 0.481 e. The number of rotatable bonds is 28. The summed E-state index contributed by atoms with van der Waals surface area (Å²) in [4.78, 5) is 22.6. The molecule has 1 unspecified atom stereocenters. The second-order valence-electron chi connectivity index (χ2n) is 10.9. The lowest BCUT2D eigenvalue weighted by molar-refractivity contribution is -0.151. The number of hydrogen-bond acceptors (Lipinski definition) is 4. The normalized spacial score (nSPS) is 13.0. The van der Waals surface area contributed by atoms with Gasteiger partial charge >= 0.3 is 11.9 Å². The highest BCUT2D eigenvalue weighted by Crippen LogP contribution is 2.16. The highest BCUT2D eigenvalue weighted by molar-refractivity contribution is 5.76. The second kappa shape index (κ2) is 26.9. The Kier molecular flexibility index (Phi) is 26.1. The third-order valence-electron chi connectivity index (χ3n) is 7.34. The molecule has 3 N–H and O–H groups in total. The first-order valence-corrected chi connectivity index (χ1v) is 15.7. The molecule has 0 aliphatic carbocycles. The molecule has 0 fully saturated rings. The number of ether oxygens (including phenoxy) is 1. The molecule has 0 saturated heterocycles. The molecule has 0 radical (unpaired) electrons. The van der Waals surface area contributed by atoms with Crippen molar-refractivity contribution < 1.29 is 19.4 Å². The van der Waals surface area contributed by atoms with Crippen molar-refractivity contribution >= 4 is 11.9 Å². The third kappa shape index (κ3) is 24.6. The van der Waals surface area contributed by atoms with Gasteiger partial charge in [-0.3, -0.25) is 9.59 Å². The molecule has 0 aliphatic heterocycles. The van der Waals surface area contributed by atoms with Crippen molar-refractivity contribution in [2.45, 2.75) is 187 Å². The predicted octanol–water partition coefficient (Wildman–Crippen LogP) is 9.10. The van der Waals surface area contributed by atoms with Crippen molar-refractivity contribution in [3.8, 4) is 0 Å². The van der Waals surface area contributed by atoms with Crippen LogP contribution in [0.3, 0.4) is 0 Å². The zero-order valence-electron chi connectivity index (χ0n) is 24.1.